The number of anilines is 4. The second-order valence-electron chi connectivity index (χ2n) is 21.5. The van der Waals surface area contributed by atoms with Crippen molar-refractivity contribution in [2.75, 3.05) is 9.80 Å². The summed E-state index contributed by atoms with van der Waals surface area (Å²) in [5.74, 6) is 0.0472. The predicted molar refractivity (Wildman–Crippen MR) is 327 cm³/mol. The summed E-state index contributed by atoms with van der Waals surface area (Å²) in [6.07, 6.45) is -8.11. The molecule has 0 atom stereocenters. The molecule has 0 radical (unpaired) electrons. The number of ether oxygens (including phenoxy) is 1. The van der Waals surface area contributed by atoms with E-state index in [0.717, 1.165) is 6.20 Å². The summed E-state index contributed by atoms with van der Waals surface area (Å²) in [6.45, 7) is -14.0. The van der Waals surface area contributed by atoms with Crippen LogP contribution in [-0.4, -0.2) is 9.55 Å². The fourth-order valence-electron chi connectivity index (χ4n) is 10.1. The molecule has 0 saturated carbocycles. The largest absolute Gasteiger partial charge is 0.509 e. The number of aryl methyl sites for hydroxylation is 3. The van der Waals surface area contributed by atoms with Gasteiger partial charge in [0.15, 0.2) is 0 Å². The van der Waals surface area contributed by atoms with Gasteiger partial charge in [0.2, 0.25) is 0 Å². The molecule has 0 amide bonds. The Bertz CT molecular complexity index is 5400. The number of fused-ring (bicyclic) bond motifs is 5. The molecule has 1 aliphatic carbocycles. The molecule has 0 fully saturated rings. The van der Waals surface area contributed by atoms with Crippen molar-refractivity contribution in [2.24, 2.45) is 0 Å². The summed E-state index contributed by atoms with van der Waals surface area (Å²) in [7, 11) is 0. The number of nitrogens with zero attached hydrogens (tertiary/aromatic N) is 4. The van der Waals surface area contributed by atoms with Crippen molar-refractivity contribution in [1.82, 2.24) is 9.55 Å². The first-order valence-corrected chi connectivity index (χ1v) is 25.0. The average molecular weight is 1250 g/mol. The topological polar surface area (TPSA) is 33.5 Å². The molecule has 79 heavy (non-hydrogen) atoms. The number of hydrogen-bond donors (Lipinski definition) is 0. The van der Waals surface area contributed by atoms with Gasteiger partial charge in [-0.25, -0.2) is 4.98 Å². The third kappa shape index (κ3) is 9.60. The van der Waals surface area contributed by atoms with Crippen LogP contribution in [0.25, 0.3) is 61.0 Å². The van der Waals surface area contributed by atoms with Crippen molar-refractivity contribution in [2.45, 2.75) is 124 Å². The van der Waals surface area contributed by atoms with E-state index in [1.54, 1.807) is 94.6 Å². The van der Waals surface area contributed by atoms with Crippen LogP contribution in [0.2, 0.25) is 0 Å². The first-order valence-electron chi connectivity index (χ1n) is 41.5. The van der Waals surface area contributed by atoms with E-state index in [9.17, 15) is 9.60 Å². The van der Waals surface area contributed by atoms with E-state index in [-0.39, 0.29) is 106 Å². The van der Waals surface area contributed by atoms with Crippen LogP contribution in [0.4, 0.5) is 22.7 Å². The third-order valence-corrected chi connectivity index (χ3v) is 14.0. The van der Waals surface area contributed by atoms with Crippen molar-refractivity contribution in [3.05, 3.63) is 221 Å². The van der Waals surface area contributed by atoms with Gasteiger partial charge in [0.25, 0.3) is 0 Å². The van der Waals surface area contributed by atoms with Gasteiger partial charge in [-0.2, -0.15) is 12.1 Å². The van der Waals surface area contributed by atoms with Crippen LogP contribution in [0, 0.1) is 39.4 Å². The smallest absolute Gasteiger partial charge is 0.135 e. The molecule has 2 aliphatic rings. The monoisotopic (exact) mass is 1250 g/mol. The standard InChI is InChI=1S/C73H71N4O.Pt/c1-46-21-19-22-47(2)68(46)51-30-34-64-66(39-51)75(45-76(64)69-58(40-52(70(4,5)6)41-62(69)71(7,8)9)50-29-33-60-61(38-50)73(12,13)36-35-72(60,10)11)53-25-20-26-54(42-53)78-55-31-32-57-56-27-17-18-28-63(56)77(65(57)43-55)67-37-48(3)59(44-74-67)49-23-15-14-16-24-49;/h14-34,37-41,44-45H,35-36H2,1-13H3;/q-3;/i1D3,2D3,3D3,10D3,11D3,12D3,13D3,14D,15D,16D,23D,24D,29D,33D,35D2,36D2,38D;. The quantitative estimate of drug-likeness (QED) is 0.142. The molecular formula is C73H71N4OPt-3. The maximum atomic E-state index is 10.5. The van der Waals surface area contributed by atoms with Crippen LogP contribution in [0.1, 0.15) is 166 Å². The zero-order valence-corrected chi connectivity index (χ0v) is 45.8. The van der Waals surface area contributed by atoms with Gasteiger partial charge in [-0.15, -0.1) is 48.1 Å². The maximum Gasteiger partial charge on any atom is 0.135 e. The Labute approximate surface area is 530 Å². The zero-order chi connectivity index (χ0) is 82.7. The molecule has 6 heteroatoms. The van der Waals surface area contributed by atoms with Crippen molar-refractivity contribution in [3.63, 3.8) is 0 Å². The molecule has 10 aromatic rings. The fraction of sp³-hybridized carbons (Fsp3) is 0.260. The Hall–Kier alpha value is -7.20. The summed E-state index contributed by atoms with van der Waals surface area (Å²) in [5, 5.41) is 1.23. The molecule has 2 aromatic heterocycles. The van der Waals surface area contributed by atoms with Gasteiger partial charge >= 0.3 is 0 Å². The van der Waals surface area contributed by atoms with Crippen molar-refractivity contribution in [3.8, 4) is 50.7 Å². The average Bonchev–Trinajstić information content (AvgIpc) is 0.732. The van der Waals surface area contributed by atoms with Gasteiger partial charge in [0.05, 0.1) is 11.0 Å². The van der Waals surface area contributed by atoms with Gasteiger partial charge < -0.3 is 19.1 Å². The van der Waals surface area contributed by atoms with Gasteiger partial charge in [-0.1, -0.05) is 171 Å². The van der Waals surface area contributed by atoms with E-state index in [4.69, 9.17) is 40.4 Å². The molecule has 1 aliphatic heterocycles. The predicted octanol–water partition coefficient (Wildman–Crippen LogP) is 19.8. The van der Waals surface area contributed by atoms with Gasteiger partial charge in [-0.05, 0) is 152 Å². The SMILES string of the molecule is [2H]c1c([2H])c([2H])c(-c2cnc(-n3c4[c-]c(Oc5[c-]c(N6[CH-]N(c7c(-c8c([2H])c([2H])c9c(c8[2H])C(C([2H])([2H])[2H])(C([2H])([2H])[2H])C([2H])([2H])C([2H])([2H])C9(C([2H])([2H])[2H])C([2H])([2H])[2H])cc(C(C)(C)C)cc7C(C)(C)C)c7ccc(-c8c(C([2H])([2H])[2H])cccc8C([2H])([2H])[2H])cc76)ccc5)ccc4c4ccccc43)cc2C([2H])([2H])[2H])c([2H])c1[2H].[Pt]. The zero-order valence-electron chi connectivity index (χ0n) is 76.6. The van der Waals surface area contributed by atoms with Crippen LogP contribution < -0.4 is 14.5 Å². The number of rotatable bonds is 8. The minimum Gasteiger partial charge on any atom is -0.509 e. The van der Waals surface area contributed by atoms with E-state index in [1.807, 2.05) is 6.07 Å². The van der Waals surface area contributed by atoms with Crippen molar-refractivity contribution >= 4 is 44.6 Å². The molecule has 0 unspecified atom stereocenters. The Morgan fingerprint density at radius 2 is 1.37 bits per heavy atom. The van der Waals surface area contributed by atoms with E-state index >= 15 is 0 Å². The van der Waals surface area contributed by atoms with Crippen LogP contribution in [0.5, 0.6) is 11.5 Å². The second-order valence-corrected chi connectivity index (χ2v) is 21.5. The summed E-state index contributed by atoms with van der Waals surface area (Å²) in [4.78, 5) is 7.70. The van der Waals surface area contributed by atoms with Gasteiger partial charge in [0, 0.05) is 107 Å². The molecule has 12 rings (SSSR count). The van der Waals surface area contributed by atoms with Gasteiger partial charge in [-0.3, -0.25) is 0 Å². The minimum atomic E-state index is -4.64. The molecule has 3 heterocycles. The number of para-hydroxylation sites is 1. The molecule has 0 N–H and O–H groups in total. The van der Waals surface area contributed by atoms with E-state index < -0.39 is 147 Å². The fourth-order valence-corrected chi connectivity index (χ4v) is 10.1. The van der Waals surface area contributed by atoms with Crippen LogP contribution in [-0.2, 0) is 42.7 Å². The molecular weight excluding hydrogens is 1140 g/mol. The van der Waals surface area contributed by atoms with E-state index in [1.165, 1.54) is 71.1 Å². The summed E-state index contributed by atoms with van der Waals surface area (Å²) < 4.78 is 306. The minimum absolute atomic E-state index is 0. The van der Waals surface area contributed by atoms with Crippen molar-refractivity contribution < 1.29 is 71.0 Å². The normalized spacial score (nSPS) is 23.3. The second kappa shape index (κ2) is 19.9. The van der Waals surface area contributed by atoms with Crippen LogP contribution in [0.15, 0.2) is 164 Å². The summed E-state index contributed by atoms with van der Waals surface area (Å²) >= 11 is 0. The number of benzene rings is 8. The first kappa shape index (κ1) is 27.3. The van der Waals surface area contributed by atoms with Crippen LogP contribution >= 0.6 is 0 Å². The third-order valence-electron chi connectivity index (χ3n) is 14.0. The van der Waals surface area contributed by atoms with E-state index in [0.29, 0.717) is 32.9 Å². The summed E-state index contributed by atoms with van der Waals surface area (Å²) in [5.41, 5.74) is -15.4. The molecule has 0 bridgehead atoms. The van der Waals surface area contributed by atoms with Crippen LogP contribution in [0.3, 0.4) is 0 Å². The Balaban J connectivity index is 0.0000124. The Morgan fingerprint density at radius 3 is 2.10 bits per heavy atom. The number of pyridine rings is 1. The van der Waals surface area contributed by atoms with Crippen molar-refractivity contribution in [1.29, 1.82) is 0 Å². The maximum absolute atomic E-state index is 10.5. The van der Waals surface area contributed by atoms with Gasteiger partial charge in [0.1, 0.15) is 5.82 Å². The molecule has 402 valence electrons. The number of aromatic nitrogens is 2. The Kier molecular flexibility index (Phi) is 6.86. The molecule has 0 spiro atoms. The summed E-state index contributed by atoms with van der Waals surface area (Å²) in [6, 6.07) is 26.8. The Morgan fingerprint density at radius 1 is 0.633 bits per heavy atom. The molecule has 5 nitrogen and oxygen atoms in total. The molecule has 0 saturated heterocycles. The number of hydrogen-bond acceptors (Lipinski definition) is 4. The first-order chi connectivity index (χ1) is 50.7. The van der Waals surface area contributed by atoms with E-state index in [2.05, 4.69) is 17.1 Å². The molecule has 8 aromatic carbocycles.